The van der Waals surface area contributed by atoms with Crippen molar-refractivity contribution in [1.82, 2.24) is 14.9 Å². The van der Waals surface area contributed by atoms with E-state index < -0.39 is 0 Å². The van der Waals surface area contributed by atoms with Crippen LogP contribution in [0.2, 0.25) is 0 Å². The van der Waals surface area contributed by atoms with Crippen LogP contribution in [0.3, 0.4) is 0 Å². The Balaban J connectivity index is 2.31. The molecule has 0 bridgehead atoms. The highest BCUT2D eigenvalue weighted by Gasteiger charge is 2.03. The van der Waals surface area contributed by atoms with Crippen LogP contribution >= 0.6 is 0 Å². The second kappa shape index (κ2) is 7.31. The fraction of sp³-hybridized carbons (Fsp3) is 0.714. The molecule has 18 heavy (non-hydrogen) atoms. The molecule has 1 aromatic heterocycles. The van der Waals surface area contributed by atoms with Crippen molar-refractivity contribution in [1.29, 1.82) is 0 Å². The van der Waals surface area contributed by atoms with Crippen LogP contribution < -0.4 is 10.9 Å². The number of aromatic nitrogens is 2. The van der Waals surface area contributed by atoms with Crippen LogP contribution in [0.4, 0.5) is 0 Å². The van der Waals surface area contributed by atoms with Crippen LogP contribution in [0.25, 0.3) is 0 Å². The van der Waals surface area contributed by atoms with Gasteiger partial charge in [0.25, 0.3) is 5.56 Å². The lowest BCUT2D eigenvalue weighted by Gasteiger charge is -2.15. The molecular weight excluding hydrogens is 226 g/mol. The Morgan fingerprint density at radius 1 is 1.33 bits per heavy atom. The molecule has 0 fully saturated rings. The van der Waals surface area contributed by atoms with E-state index in [0.717, 1.165) is 18.2 Å². The number of nitrogens with one attached hydrogen (secondary N) is 1. The number of nitrogens with zero attached hydrogens (tertiary/aromatic N) is 2. The Kier molecular flexibility index (Phi) is 6.05. The van der Waals surface area contributed by atoms with Gasteiger partial charge in [-0.3, -0.25) is 9.36 Å². The number of rotatable bonds is 7. The van der Waals surface area contributed by atoms with E-state index >= 15 is 0 Å². The summed E-state index contributed by atoms with van der Waals surface area (Å²) in [7, 11) is 0. The predicted molar refractivity (Wildman–Crippen MR) is 74.8 cm³/mol. The topological polar surface area (TPSA) is 46.9 Å². The third-order valence-corrected chi connectivity index (χ3v) is 3.04. The lowest BCUT2D eigenvalue weighted by atomic mass is 10.0. The largest absolute Gasteiger partial charge is 0.312 e. The molecule has 1 rings (SSSR count). The molecule has 0 radical (unpaired) electrons. The van der Waals surface area contributed by atoms with Gasteiger partial charge >= 0.3 is 0 Å². The summed E-state index contributed by atoms with van der Waals surface area (Å²) in [6, 6.07) is 2.07. The average molecular weight is 251 g/mol. The summed E-state index contributed by atoms with van der Waals surface area (Å²) >= 11 is 0. The van der Waals surface area contributed by atoms with Gasteiger partial charge in [-0.1, -0.05) is 13.8 Å². The molecule has 0 aliphatic carbocycles. The van der Waals surface area contributed by atoms with Gasteiger partial charge in [0.2, 0.25) is 0 Å². The molecule has 0 aromatic carbocycles. The highest BCUT2D eigenvalue weighted by molar-refractivity contribution is 4.95. The van der Waals surface area contributed by atoms with Crippen LogP contribution in [0.1, 0.15) is 39.3 Å². The summed E-state index contributed by atoms with van der Waals surface area (Å²) < 4.78 is 1.65. The second-order valence-electron chi connectivity index (χ2n) is 5.39. The summed E-state index contributed by atoms with van der Waals surface area (Å²) in [6.07, 6.45) is 4.04. The first-order chi connectivity index (χ1) is 8.49. The molecule has 0 aliphatic rings. The Morgan fingerprint density at radius 2 is 2.06 bits per heavy atom. The van der Waals surface area contributed by atoms with E-state index in [4.69, 9.17) is 0 Å². The fourth-order valence-corrected chi connectivity index (χ4v) is 1.80. The van der Waals surface area contributed by atoms with Crippen molar-refractivity contribution in [3.05, 3.63) is 28.4 Å². The summed E-state index contributed by atoms with van der Waals surface area (Å²) in [6.45, 7) is 9.99. The summed E-state index contributed by atoms with van der Waals surface area (Å²) in [4.78, 5) is 15.8. The first kappa shape index (κ1) is 14.9. The van der Waals surface area contributed by atoms with Gasteiger partial charge in [0, 0.05) is 30.9 Å². The smallest absolute Gasteiger partial charge is 0.253 e. The average Bonchev–Trinajstić information content (AvgIpc) is 2.29. The molecular formula is C14H25N3O. The number of hydrogen-bond acceptors (Lipinski definition) is 3. The first-order valence-corrected chi connectivity index (χ1v) is 6.75. The maximum absolute atomic E-state index is 11.6. The zero-order valence-corrected chi connectivity index (χ0v) is 11.9. The number of hydrogen-bond donors (Lipinski definition) is 1. The minimum atomic E-state index is 0.0270. The zero-order chi connectivity index (χ0) is 13.5. The van der Waals surface area contributed by atoms with E-state index in [1.807, 2.05) is 6.92 Å². The quantitative estimate of drug-likeness (QED) is 0.806. The molecule has 0 saturated heterocycles. The van der Waals surface area contributed by atoms with Crippen molar-refractivity contribution in [2.24, 2.45) is 5.92 Å². The highest BCUT2D eigenvalue weighted by atomic mass is 16.1. The third-order valence-electron chi connectivity index (χ3n) is 3.04. The predicted octanol–water partition coefficient (Wildman–Crippen LogP) is 1.97. The maximum atomic E-state index is 11.6. The molecule has 4 heteroatoms. The van der Waals surface area contributed by atoms with Gasteiger partial charge in [-0.05, 0) is 32.6 Å². The van der Waals surface area contributed by atoms with Crippen molar-refractivity contribution in [2.75, 3.05) is 6.54 Å². The Bertz CT molecular complexity index is 412. The minimum Gasteiger partial charge on any atom is -0.312 e. The summed E-state index contributed by atoms with van der Waals surface area (Å²) in [5.74, 6) is 0.748. The molecule has 102 valence electrons. The lowest BCUT2D eigenvalue weighted by molar-refractivity contribution is 0.438. The SMILES string of the molecule is Cc1cc(=O)n(CCNC(C)CCC(C)C)cn1. The molecule has 4 nitrogen and oxygen atoms in total. The molecule has 1 heterocycles. The van der Waals surface area contributed by atoms with Gasteiger partial charge in [0.1, 0.15) is 0 Å². The fourth-order valence-electron chi connectivity index (χ4n) is 1.80. The van der Waals surface area contributed by atoms with Crippen LogP contribution in [0.5, 0.6) is 0 Å². The van der Waals surface area contributed by atoms with Gasteiger partial charge < -0.3 is 5.32 Å². The van der Waals surface area contributed by atoms with Crippen molar-refractivity contribution in [3.8, 4) is 0 Å². The normalized spacial score (nSPS) is 12.9. The molecule has 1 N–H and O–H groups in total. The van der Waals surface area contributed by atoms with Crippen LogP contribution in [-0.2, 0) is 6.54 Å². The highest BCUT2D eigenvalue weighted by Crippen LogP contribution is 2.05. The molecule has 1 aromatic rings. The second-order valence-corrected chi connectivity index (χ2v) is 5.39. The molecule has 0 spiro atoms. The van der Waals surface area contributed by atoms with Crippen LogP contribution in [0.15, 0.2) is 17.2 Å². The standard InChI is InChI=1S/C14H25N3O/c1-11(2)5-6-12(3)15-7-8-17-10-16-13(4)9-14(17)18/h9-12,15H,5-8H2,1-4H3. The van der Waals surface area contributed by atoms with Gasteiger partial charge in [-0.15, -0.1) is 0 Å². The van der Waals surface area contributed by atoms with E-state index in [2.05, 4.69) is 31.1 Å². The Hall–Kier alpha value is -1.16. The summed E-state index contributed by atoms with van der Waals surface area (Å²) in [5, 5.41) is 3.44. The van der Waals surface area contributed by atoms with Gasteiger partial charge in [-0.2, -0.15) is 0 Å². The molecule has 1 unspecified atom stereocenters. The molecule has 0 amide bonds. The lowest BCUT2D eigenvalue weighted by Crippen LogP contribution is -2.32. The molecule has 0 saturated carbocycles. The van der Waals surface area contributed by atoms with Gasteiger partial charge in [-0.25, -0.2) is 4.98 Å². The maximum Gasteiger partial charge on any atom is 0.253 e. The van der Waals surface area contributed by atoms with Crippen molar-refractivity contribution in [3.63, 3.8) is 0 Å². The zero-order valence-electron chi connectivity index (χ0n) is 11.9. The van der Waals surface area contributed by atoms with E-state index in [9.17, 15) is 4.79 Å². The molecule has 0 aliphatic heterocycles. The molecule has 1 atom stereocenters. The van der Waals surface area contributed by atoms with Crippen molar-refractivity contribution >= 4 is 0 Å². The van der Waals surface area contributed by atoms with E-state index in [-0.39, 0.29) is 5.56 Å². The minimum absolute atomic E-state index is 0.0270. The van der Waals surface area contributed by atoms with Gasteiger partial charge in [0.15, 0.2) is 0 Å². The number of aryl methyl sites for hydroxylation is 1. The van der Waals surface area contributed by atoms with E-state index in [1.165, 1.54) is 12.8 Å². The van der Waals surface area contributed by atoms with E-state index in [0.29, 0.717) is 12.6 Å². The van der Waals surface area contributed by atoms with Crippen LogP contribution in [0, 0.1) is 12.8 Å². The third kappa shape index (κ3) is 5.45. The monoisotopic (exact) mass is 251 g/mol. The van der Waals surface area contributed by atoms with Crippen molar-refractivity contribution < 1.29 is 0 Å². The van der Waals surface area contributed by atoms with Crippen molar-refractivity contribution in [2.45, 2.75) is 53.1 Å². The Labute approximate surface area is 109 Å². The Morgan fingerprint density at radius 3 is 2.67 bits per heavy atom. The first-order valence-electron chi connectivity index (χ1n) is 6.75. The summed E-state index contributed by atoms with van der Waals surface area (Å²) in [5.41, 5.74) is 0.800. The van der Waals surface area contributed by atoms with Gasteiger partial charge in [0.05, 0.1) is 6.33 Å². The van der Waals surface area contributed by atoms with Crippen LogP contribution in [-0.4, -0.2) is 22.1 Å². The van der Waals surface area contributed by atoms with E-state index in [1.54, 1.807) is 17.0 Å².